The summed E-state index contributed by atoms with van der Waals surface area (Å²) in [7, 11) is 0. The smallest absolute Gasteiger partial charge is 0.259 e. The number of carbonyl (C=O) groups is 1. The lowest BCUT2D eigenvalue weighted by molar-refractivity contribution is -0.124. The van der Waals surface area contributed by atoms with Crippen LogP contribution in [0.5, 0.6) is 0 Å². The highest BCUT2D eigenvalue weighted by atomic mass is 32.1. The molecule has 1 saturated heterocycles. The number of rotatable bonds is 4. The maximum Gasteiger partial charge on any atom is 0.259 e. The van der Waals surface area contributed by atoms with Crippen molar-refractivity contribution in [3.63, 3.8) is 0 Å². The van der Waals surface area contributed by atoms with Crippen molar-refractivity contribution in [2.75, 3.05) is 32.7 Å². The summed E-state index contributed by atoms with van der Waals surface area (Å²) in [6.07, 6.45) is 3.20. The fourth-order valence-electron chi connectivity index (χ4n) is 4.71. The first-order valence-electron chi connectivity index (χ1n) is 11.4. The molecule has 0 bridgehead atoms. The molecule has 2 aliphatic rings. The van der Waals surface area contributed by atoms with Gasteiger partial charge >= 0.3 is 0 Å². The number of thiophene rings is 1. The Morgan fingerprint density at radius 2 is 2.00 bits per heavy atom. The van der Waals surface area contributed by atoms with Crippen LogP contribution in [0.15, 0.2) is 4.79 Å². The summed E-state index contributed by atoms with van der Waals surface area (Å²) in [5.41, 5.74) is 1.03. The quantitative estimate of drug-likeness (QED) is 0.756. The van der Waals surface area contributed by atoms with Gasteiger partial charge in [0.05, 0.1) is 18.0 Å². The summed E-state index contributed by atoms with van der Waals surface area (Å²) >= 11 is 1.71. The Morgan fingerprint density at radius 1 is 1.29 bits per heavy atom. The fourth-order valence-corrected chi connectivity index (χ4v) is 6.10. The standard InChI is InChI=1S/C23H35N5O2S/c1-14-6-7-16-17(12-14)31-22-19(16)21(30)24-20(25-22)15(2)28-10-8-27(9-11-28)13-18(29)26-23(3,4)5/h14-15H,6-13H2,1-5H3,(H,26,29)(H,24,25,30). The van der Waals surface area contributed by atoms with Crippen LogP contribution in [0, 0.1) is 5.92 Å². The van der Waals surface area contributed by atoms with Crippen LogP contribution in [0.1, 0.15) is 63.3 Å². The zero-order valence-electron chi connectivity index (χ0n) is 19.4. The van der Waals surface area contributed by atoms with Crippen LogP contribution in [-0.4, -0.2) is 63.9 Å². The second-order valence-corrected chi connectivity index (χ2v) is 11.4. The lowest BCUT2D eigenvalue weighted by atomic mass is 9.89. The third-order valence-corrected chi connectivity index (χ3v) is 7.56. The molecule has 2 atom stereocenters. The average molecular weight is 446 g/mol. The minimum Gasteiger partial charge on any atom is -0.350 e. The van der Waals surface area contributed by atoms with E-state index in [4.69, 9.17) is 4.98 Å². The predicted molar refractivity (Wildman–Crippen MR) is 126 cm³/mol. The number of piperazine rings is 1. The zero-order chi connectivity index (χ0) is 22.3. The number of H-pyrrole nitrogens is 1. The van der Waals surface area contributed by atoms with Gasteiger partial charge in [-0.1, -0.05) is 6.92 Å². The number of carbonyl (C=O) groups excluding carboxylic acids is 1. The van der Waals surface area contributed by atoms with Crippen LogP contribution in [0.4, 0.5) is 0 Å². The van der Waals surface area contributed by atoms with Crippen molar-refractivity contribution in [2.45, 2.75) is 65.5 Å². The Labute approximate surface area is 188 Å². The Morgan fingerprint density at radius 3 is 2.68 bits per heavy atom. The van der Waals surface area contributed by atoms with E-state index in [9.17, 15) is 9.59 Å². The summed E-state index contributed by atoms with van der Waals surface area (Å²) in [6.45, 7) is 14.2. The van der Waals surface area contributed by atoms with E-state index < -0.39 is 0 Å². The molecule has 0 spiro atoms. The molecule has 8 heteroatoms. The third kappa shape index (κ3) is 5.02. The van der Waals surface area contributed by atoms with E-state index in [0.29, 0.717) is 12.5 Å². The van der Waals surface area contributed by atoms with Gasteiger partial charge < -0.3 is 10.3 Å². The van der Waals surface area contributed by atoms with E-state index >= 15 is 0 Å². The van der Waals surface area contributed by atoms with Gasteiger partial charge in [-0.15, -0.1) is 11.3 Å². The Bertz CT molecular complexity index is 1010. The van der Waals surface area contributed by atoms with Crippen molar-refractivity contribution in [3.05, 3.63) is 26.6 Å². The largest absolute Gasteiger partial charge is 0.350 e. The van der Waals surface area contributed by atoms with Crippen molar-refractivity contribution in [1.82, 2.24) is 25.1 Å². The molecule has 1 aliphatic carbocycles. The van der Waals surface area contributed by atoms with E-state index in [2.05, 4.69) is 33.9 Å². The maximum atomic E-state index is 12.9. The molecule has 2 unspecified atom stereocenters. The molecule has 3 heterocycles. The summed E-state index contributed by atoms with van der Waals surface area (Å²) in [4.78, 5) is 39.9. The van der Waals surface area contributed by atoms with Gasteiger partial charge in [0.25, 0.3) is 5.56 Å². The molecule has 1 aliphatic heterocycles. The van der Waals surface area contributed by atoms with E-state index in [1.54, 1.807) is 11.3 Å². The van der Waals surface area contributed by atoms with E-state index in [1.807, 2.05) is 20.8 Å². The molecule has 4 rings (SSSR count). The summed E-state index contributed by atoms with van der Waals surface area (Å²) in [5, 5.41) is 3.85. The molecular weight excluding hydrogens is 410 g/mol. The number of amides is 1. The monoisotopic (exact) mass is 445 g/mol. The molecule has 2 N–H and O–H groups in total. The Kier molecular flexibility index (Phi) is 6.25. The van der Waals surface area contributed by atoms with E-state index in [0.717, 1.165) is 61.5 Å². The Hall–Kier alpha value is -1.77. The molecule has 1 amide bonds. The normalized spacial score (nSPS) is 21.8. The number of fused-ring (bicyclic) bond motifs is 3. The summed E-state index contributed by atoms with van der Waals surface area (Å²) in [5.74, 6) is 1.50. The van der Waals surface area contributed by atoms with Gasteiger partial charge in [-0.3, -0.25) is 19.4 Å². The van der Waals surface area contributed by atoms with Crippen LogP contribution >= 0.6 is 11.3 Å². The van der Waals surface area contributed by atoms with Gasteiger partial charge in [0, 0.05) is 36.6 Å². The Balaban J connectivity index is 1.43. The van der Waals surface area contributed by atoms with Crippen molar-refractivity contribution in [2.24, 2.45) is 5.92 Å². The molecular formula is C23H35N5O2S. The molecule has 1 fully saturated rings. The van der Waals surface area contributed by atoms with Crippen LogP contribution < -0.4 is 10.9 Å². The summed E-state index contributed by atoms with van der Waals surface area (Å²) in [6, 6.07) is 0.0423. The highest BCUT2D eigenvalue weighted by molar-refractivity contribution is 7.18. The summed E-state index contributed by atoms with van der Waals surface area (Å²) < 4.78 is 0. The molecule has 0 radical (unpaired) electrons. The minimum atomic E-state index is -0.206. The third-order valence-electron chi connectivity index (χ3n) is 6.42. The zero-order valence-corrected chi connectivity index (χ0v) is 20.2. The lowest BCUT2D eigenvalue weighted by Crippen LogP contribution is -2.52. The molecule has 2 aromatic heterocycles. The predicted octanol–water partition coefficient (Wildman–Crippen LogP) is 2.70. The SMILES string of the molecule is CC1CCc2c(sc3nc(C(C)N4CCN(CC(=O)NC(C)(C)C)CC4)[nH]c(=O)c23)C1. The lowest BCUT2D eigenvalue weighted by Gasteiger charge is -2.37. The number of aromatic nitrogens is 2. The first-order valence-corrected chi connectivity index (χ1v) is 12.2. The molecule has 31 heavy (non-hydrogen) atoms. The van der Waals surface area contributed by atoms with Crippen LogP contribution in [0.3, 0.4) is 0 Å². The average Bonchev–Trinajstić information content (AvgIpc) is 3.04. The highest BCUT2D eigenvalue weighted by Crippen LogP contribution is 2.36. The number of hydrogen-bond acceptors (Lipinski definition) is 6. The second kappa shape index (κ2) is 8.64. The van der Waals surface area contributed by atoms with Crippen LogP contribution in [-0.2, 0) is 17.6 Å². The topological polar surface area (TPSA) is 81.3 Å². The molecule has 170 valence electrons. The van der Waals surface area contributed by atoms with Crippen molar-refractivity contribution < 1.29 is 4.79 Å². The fraction of sp³-hybridized carbons (Fsp3) is 0.696. The number of nitrogens with zero attached hydrogens (tertiary/aromatic N) is 3. The van der Waals surface area contributed by atoms with Crippen molar-refractivity contribution in [3.8, 4) is 0 Å². The first-order chi connectivity index (χ1) is 14.6. The van der Waals surface area contributed by atoms with Crippen LogP contribution in [0.25, 0.3) is 10.2 Å². The maximum absolute atomic E-state index is 12.9. The number of aryl methyl sites for hydroxylation is 1. The molecule has 7 nitrogen and oxygen atoms in total. The number of nitrogens with one attached hydrogen (secondary N) is 2. The number of hydrogen-bond donors (Lipinski definition) is 2. The molecule has 2 aromatic rings. The highest BCUT2D eigenvalue weighted by Gasteiger charge is 2.27. The second-order valence-electron chi connectivity index (χ2n) is 10.3. The minimum absolute atomic E-state index is 0.0105. The van der Waals surface area contributed by atoms with Crippen molar-refractivity contribution >= 4 is 27.5 Å². The van der Waals surface area contributed by atoms with Gasteiger partial charge in [0.15, 0.2) is 0 Å². The molecule has 0 aromatic carbocycles. The number of aromatic amines is 1. The van der Waals surface area contributed by atoms with Gasteiger partial charge in [0.1, 0.15) is 10.7 Å². The van der Waals surface area contributed by atoms with Gasteiger partial charge in [-0.2, -0.15) is 0 Å². The van der Waals surface area contributed by atoms with Crippen LogP contribution in [0.2, 0.25) is 0 Å². The van der Waals surface area contributed by atoms with E-state index in [-0.39, 0.29) is 23.0 Å². The first kappa shape index (κ1) is 22.4. The van der Waals surface area contributed by atoms with Crippen molar-refractivity contribution in [1.29, 1.82) is 0 Å². The van der Waals surface area contributed by atoms with Gasteiger partial charge in [-0.05, 0) is 58.4 Å². The van der Waals surface area contributed by atoms with Gasteiger partial charge in [-0.25, -0.2) is 4.98 Å². The van der Waals surface area contributed by atoms with E-state index in [1.165, 1.54) is 10.4 Å². The molecule has 0 saturated carbocycles. The van der Waals surface area contributed by atoms with Gasteiger partial charge in [0.2, 0.25) is 5.91 Å².